The lowest BCUT2D eigenvalue weighted by Gasteiger charge is -2.13. The highest BCUT2D eigenvalue weighted by Gasteiger charge is 2.19. The van der Waals surface area contributed by atoms with Gasteiger partial charge in [-0.1, -0.05) is 0 Å². The summed E-state index contributed by atoms with van der Waals surface area (Å²) in [4.78, 5) is 17.5. The number of nitrogens with zero attached hydrogens (tertiary/aromatic N) is 6. The molecule has 0 unspecified atom stereocenters. The molecule has 0 radical (unpaired) electrons. The lowest BCUT2D eigenvalue weighted by molar-refractivity contribution is 0.627. The van der Waals surface area contributed by atoms with Crippen LogP contribution in [0, 0.1) is 18.6 Å². The molecule has 48 heavy (non-hydrogen) atoms. The zero-order valence-corrected chi connectivity index (χ0v) is 25.6. The second-order valence-corrected chi connectivity index (χ2v) is 10.9. The summed E-state index contributed by atoms with van der Waals surface area (Å²) >= 11 is 0. The molecule has 0 fully saturated rings. The first kappa shape index (κ1) is 30.3. The van der Waals surface area contributed by atoms with Crippen molar-refractivity contribution >= 4 is 27.9 Å². The molecule has 0 atom stereocenters. The molecule has 6 N–H and O–H groups in total. The molecule has 0 aliphatic heterocycles. The van der Waals surface area contributed by atoms with Gasteiger partial charge in [0.25, 0.3) is 0 Å². The molecule has 0 bridgehead atoms. The third-order valence-electron chi connectivity index (χ3n) is 8.00. The maximum absolute atomic E-state index is 13.3. The van der Waals surface area contributed by atoms with Crippen molar-refractivity contribution in [1.29, 1.82) is 0 Å². The fourth-order valence-electron chi connectivity index (χ4n) is 5.68. The minimum absolute atomic E-state index is 0.282. The van der Waals surface area contributed by atoms with E-state index in [9.17, 15) is 8.78 Å². The lowest BCUT2D eigenvalue weighted by atomic mass is 9.94. The molecule has 0 saturated heterocycles. The van der Waals surface area contributed by atoms with Crippen molar-refractivity contribution in [3.8, 4) is 44.8 Å². The first-order chi connectivity index (χ1) is 23.4. The molecule has 0 saturated carbocycles. The van der Waals surface area contributed by atoms with Crippen molar-refractivity contribution in [3.05, 3.63) is 127 Å². The van der Waals surface area contributed by atoms with E-state index in [-0.39, 0.29) is 11.6 Å². The van der Waals surface area contributed by atoms with Gasteiger partial charge >= 0.3 is 0 Å². The zero-order valence-electron chi connectivity index (χ0n) is 25.6. The minimum atomic E-state index is -0.286. The smallest absolute Gasteiger partial charge is 0.184 e. The number of nitrogen functional groups attached to an aromatic ring is 1. The maximum Gasteiger partial charge on any atom is 0.184 e. The number of nitrogens with one attached hydrogen (secondary N) is 2. The van der Waals surface area contributed by atoms with Gasteiger partial charge in [0.15, 0.2) is 11.3 Å². The van der Waals surface area contributed by atoms with Crippen LogP contribution in [0.25, 0.3) is 66.8 Å². The molecular weight excluding hydrogens is 610 g/mol. The third kappa shape index (κ3) is 5.72. The average molecular weight is 639 g/mol. The fourth-order valence-corrected chi connectivity index (χ4v) is 5.68. The largest absolute Gasteiger partial charge is 0.384 e. The third-order valence-corrected chi connectivity index (χ3v) is 8.00. The summed E-state index contributed by atoms with van der Waals surface area (Å²) in [6, 6.07) is 22.2. The summed E-state index contributed by atoms with van der Waals surface area (Å²) in [6.45, 7) is 2.34. The molecule has 2 aromatic carbocycles. The molecule has 0 amide bonds. The molecule has 10 nitrogen and oxygen atoms in total. The van der Waals surface area contributed by atoms with Gasteiger partial charge < -0.3 is 11.5 Å². The van der Waals surface area contributed by atoms with E-state index in [2.05, 4.69) is 40.3 Å². The lowest BCUT2D eigenvalue weighted by Crippen LogP contribution is -1.97. The van der Waals surface area contributed by atoms with Crippen LogP contribution in [-0.2, 0) is 6.54 Å². The number of halogens is 2. The predicted octanol–water partition coefficient (Wildman–Crippen LogP) is 7.00. The van der Waals surface area contributed by atoms with Gasteiger partial charge in [0.2, 0.25) is 0 Å². The number of pyridine rings is 4. The van der Waals surface area contributed by atoms with Crippen molar-refractivity contribution in [2.75, 3.05) is 5.73 Å². The quantitative estimate of drug-likeness (QED) is 0.157. The summed E-state index contributed by atoms with van der Waals surface area (Å²) in [7, 11) is 0. The van der Waals surface area contributed by atoms with E-state index < -0.39 is 0 Å². The summed E-state index contributed by atoms with van der Waals surface area (Å²) in [5.41, 5.74) is 21.6. The van der Waals surface area contributed by atoms with Crippen molar-refractivity contribution in [2.24, 2.45) is 5.73 Å². The SMILES string of the molecule is Cc1c(-c2ccncc2)c(-c2ccc(F)cc2)nc2n[nH]c(N)c12.NCc1[nH]nc2nc(-c3ccc(F)cc3)c(-c3ccncc3)cc12. The van der Waals surface area contributed by atoms with Crippen LogP contribution in [-0.4, -0.2) is 40.3 Å². The summed E-state index contributed by atoms with van der Waals surface area (Å²) < 4.78 is 26.6. The van der Waals surface area contributed by atoms with Crippen LogP contribution in [0.1, 0.15) is 11.3 Å². The van der Waals surface area contributed by atoms with E-state index in [0.29, 0.717) is 23.7 Å². The Morgan fingerprint density at radius 1 is 0.646 bits per heavy atom. The van der Waals surface area contributed by atoms with Gasteiger partial charge in [-0.3, -0.25) is 20.2 Å². The summed E-state index contributed by atoms with van der Waals surface area (Å²) in [6.07, 6.45) is 6.92. The fraction of sp³-hybridized carbons (Fsp3) is 0.0556. The number of rotatable bonds is 5. The molecule has 6 heterocycles. The van der Waals surface area contributed by atoms with Crippen molar-refractivity contribution in [3.63, 3.8) is 0 Å². The molecule has 12 heteroatoms. The number of anilines is 1. The van der Waals surface area contributed by atoms with Gasteiger partial charge in [-0.15, -0.1) is 0 Å². The minimum Gasteiger partial charge on any atom is -0.384 e. The van der Waals surface area contributed by atoms with Crippen molar-refractivity contribution in [1.82, 2.24) is 40.3 Å². The highest BCUT2D eigenvalue weighted by Crippen LogP contribution is 2.38. The molecule has 6 aromatic heterocycles. The Morgan fingerprint density at radius 3 is 1.79 bits per heavy atom. The first-order valence-electron chi connectivity index (χ1n) is 15.0. The average Bonchev–Trinajstić information content (AvgIpc) is 3.71. The normalized spacial score (nSPS) is 11.1. The molecule has 0 aliphatic carbocycles. The number of aromatic nitrogens is 8. The number of H-pyrrole nitrogens is 2. The van der Waals surface area contributed by atoms with Gasteiger partial charge in [-0.2, -0.15) is 10.2 Å². The first-order valence-corrected chi connectivity index (χ1v) is 15.0. The van der Waals surface area contributed by atoms with Crippen LogP contribution < -0.4 is 11.5 Å². The Hall–Kier alpha value is -6.40. The number of hydrogen-bond acceptors (Lipinski definition) is 8. The molecule has 236 valence electrons. The van der Waals surface area contributed by atoms with E-state index in [1.165, 1.54) is 24.3 Å². The molecule has 8 aromatic rings. The Balaban J connectivity index is 0.000000152. The number of aromatic amines is 2. The second kappa shape index (κ2) is 12.8. The zero-order chi connectivity index (χ0) is 33.2. The Kier molecular flexibility index (Phi) is 8.05. The van der Waals surface area contributed by atoms with Crippen LogP contribution >= 0.6 is 0 Å². The van der Waals surface area contributed by atoms with Gasteiger partial charge in [-0.25, -0.2) is 18.7 Å². The number of fused-ring (bicyclic) bond motifs is 2. The Morgan fingerprint density at radius 2 is 1.19 bits per heavy atom. The van der Waals surface area contributed by atoms with Gasteiger partial charge in [0.05, 0.1) is 22.5 Å². The van der Waals surface area contributed by atoms with Gasteiger partial charge in [0, 0.05) is 59.0 Å². The molecule has 0 spiro atoms. The van der Waals surface area contributed by atoms with Gasteiger partial charge in [-0.05, 0) is 102 Å². The summed E-state index contributed by atoms with van der Waals surface area (Å²) in [5, 5.41) is 15.8. The maximum atomic E-state index is 13.3. The van der Waals surface area contributed by atoms with E-state index in [1.807, 2.05) is 37.3 Å². The van der Waals surface area contributed by atoms with E-state index >= 15 is 0 Å². The highest BCUT2D eigenvalue weighted by atomic mass is 19.1. The van der Waals surface area contributed by atoms with E-state index in [4.69, 9.17) is 11.5 Å². The van der Waals surface area contributed by atoms with Crippen LogP contribution in [0.4, 0.5) is 14.6 Å². The topological polar surface area (TPSA) is 161 Å². The number of hydrogen-bond donors (Lipinski definition) is 4. The highest BCUT2D eigenvalue weighted by molar-refractivity contribution is 5.99. The predicted molar refractivity (Wildman–Crippen MR) is 182 cm³/mol. The number of aryl methyl sites for hydroxylation is 1. The monoisotopic (exact) mass is 638 g/mol. The molecule has 8 rings (SSSR count). The van der Waals surface area contributed by atoms with E-state index in [1.54, 1.807) is 49.1 Å². The Labute approximate surface area is 272 Å². The van der Waals surface area contributed by atoms with Gasteiger partial charge in [0.1, 0.15) is 17.5 Å². The molecule has 0 aliphatic rings. The second-order valence-electron chi connectivity index (χ2n) is 10.9. The Bertz CT molecular complexity index is 2350. The van der Waals surface area contributed by atoms with Crippen LogP contribution in [0.15, 0.2) is 104 Å². The number of benzene rings is 2. The standard InChI is InChI=1S/2C18H14FN5/c1-10-14(11-6-8-21-9-7-11)16(12-2-4-13(19)5-3-12)22-18-15(10)17(20)23-24-18;19-13-3-1-12(2-4-13)17-14(11-5-7-21-8-6-11)9-15-16(10-20)23-24-18(15)22-17/h2-9H,1H3,(H3,20,22,23,24);1-9H,10,20H2,(H,22,23,24). The van der Waals surface area contributed by atoms with E-state index in [0.717, 1.165) is 66.8 Å². The van der Waals surface area contributed by atoms with Crippen LogP contribution in [0.3, 0.4) is 0 Å². The number of nitrogens with two attached hydrogens (primary N) is 2. The van der Waals surface area contributed by atoms with Crippen molar-refractivity contribution < 1.29 is 8.78 Å². The van der Waals surface area contributed by atoms with Crippen molar-refractivity contribution in [2.45, 2.75) is 13.5 Å². The molecular formula is C36H28F2N10. The van der Waals surface area contributed by atoms with Crippen LogP contribution in [0.2, 0.25) is 0 Å². The summed E-state index contributed by atoms with van der Waals surface area (Å²) in [5.74, 6) is -0.0857. The van der Waals surface area contributed by atoms with Crippen LogP contribution in [0.5, 0.6) is 0 Å².